The van der Waals surface area contributed by atoms with Gasteiger partial charge in [-0.15, -0.1) is 0 Å². The molecule has 0 radical (unpaired) electrons. The summed E-state index contributed by atoms with van der Waals surface area (Å²) in [5.74, 6) is 0.00512. The first-order valence-corrected chi connectivity index (χ1v) is 11.8. The third-order valence-electron chi connectivity index (χ3n) is 7.48. The van der Waals surface area contributed by atoms with Crippen LogP contribution in [0.1, 0.15) is 63.4 Å². The van der Waals surface area contributed by atoms with E-state index in [0.29, 0.717) is 25.6 Å². The van der Waals surface area contributed by atoms with Crippen LogP contribution in [0.5, 0.6) is 0 Å². The van der Waals surface area contributed by atoms with E-state index in [2.05, 4.69) is 0 Å². The Labute approximate surface area is 184 Å². The molecule has 2 saturated heterocycles. The first kappa shape index (κ1) is 22.0. The second-order valence-corrected chi connectivity index (χ2v) is 9.65. The summed E-state index contributed by atoms with van der Waals surface area (Å²) in [6.45, 7) is 1.72. The van der Waals surface area contributed by atoms with Crippen LogP contribution in [-0.4, -0.2) is 58.9 Å². The summed E-state index contributed by atoms with van der Waals surface area (Å²) in [5.41, 5.74) is -0.362. The molecule has 1 N–H and O–H groups in total. The van der Waals surface area contributed by atoms with E-state index < -0.39 is 5.41 Å². The van der Waals surface area contributed by atoms with Crippen molar-refractivity contribution in [1.82, 2.24) is 9.80 Å². The molecule has 6 nitrogen and oxygen atoms in total. The summed E-state index contributed by atoms with van der Waals surface area (Å²) >= 11 is 0. The molecule has 2 heterocycles. The van der Waals surface area contributed by atoms with Crippen LogP contribution in [0.2, 0.25) is 0 Å². The van der Waals surface area contributed by atoms with E-state index in [9.17, 15) is 19.5 Å². The molecular weight excluding hydrogens is 392 g/mol. The van der Waals surface area contributed by atoms with Gasteiger partial charge in [0.05, 0.1) is 5.41 Å². The highest BCUT2D eigenvalue weighted by Crippen LogP contribution is 2.41. The van der Waals surface area contributed by atoms with E-state index in [1.165, 1.54) is 11.3 Å². The number of benzene rings is 1. The third-order valence-corrected chi connectivity index (χ3v) is 7.48. The number of amides is 3. The molecule has 4 rings (SSSR count). The predicted molar refractivity (Wildman–Crippen MR) is 117 cm³/mol. The van der Waals surface area contributed by atoms with Crippen LogP contribution < -0.4 is 0 Å². The first-order chi connectivity index (χ1) is 15.0. The number of nitrogens with zero attached hydrogens (tertiary/aromatic N) is 2. The molecule has 1 saturated carbocycles. The summed E-state index contributed by atoms with van der Waals surface area (Å²) in [7, 11) is 0. The van der Waals surface area contributed by atoms with Gasteiger partial charge in [-0.3, -0.25) is 19.3 Å². The molecule has 1 aliphatic carbocycles. The summed E-state index contributed by atoms with van der Waals surface area (Å²) < 4.78 is 0. The number of hydrogen-bond acceptors (Lipinski definition) is 4. The van der Waals surface area contributed by atoms with Crippen LogP contribution in [0.25, 0.3) is 0 Å². The normalized spacial score (nSPS) is 27.7. The average molecular weight is 427 g/mol. The zero-order valence-electron chi connectivity index (χ0n) is 18.3. The maximum Gasteiger partial charge on any atom is 0.240 e. The number of carbonyl (C=O) groups excluding carboxylic acids is 3. The van der Waals surface area contributed by atoms with Gasteiger partial charge in [-0.25, -0.2) is 0 Å². The SMILES string of the molecule is O=C(C[C@]1(c2ccccc2)CC(=O)N(CC2CCCCC2)C1=O)N1CCC[C@H](CO)C1. The van der Waals surface area contributed by atoms with E-state index in [4.69, 9.17) is 0 Å². The number of imide groups is 1. The Bertz CT molecular complexity index is 805. The van der Waals surface area contributed by atoms with Crippen molar-refractivity contribution in [3.63, 3.8) is 0 Å². The third kappa shape index (κ3) is 4.54. The molecule has 1 aromatic rings. The van der Waals surface area contributed by atoms with Crippen molar-refractivity contribution in [2.75, 3.05) is 26.2 Å². The number of aliphatic hydroxyl groups is 1. The van der Waals surface area contributed by atoms with Crippen LogP contribution >= 0.6 is 0 Å². The Balaban J connectivity index is 1.58. The zero-order valence-corrected chi connectivity index (χ0v) is 18.3. The minimum atomic E-state index is -1.11. The molecule has 168 valence electrons. The Morgan fingerprint density at radius 2 is 1.71 bits per heavy atom. The van der Waals surface area contributed by atoms with Gasteiger partial charge in [0.2, 0.25) is 17.7 Å². The minimum absolute atomic E-state index is 0.0148. The van der Waals surface area contributed by atoms with Gasteiger partial charge in [-0.2, -0.15) is 0 Å². The highest BCUT2D eigenvalue weighted by molar-refractivity contribution is 6.10. The Morgan fingerprint density at radius 3 is 2.42 bits per heavy atom. The summed E-state index contributed by atoms with van der Waals surface area (Å²) in [5, 5.41) is 9.53. The summed E-state index contributed by atoms with van der Waals surface area (Å²) in [6.07, 6.45) is 7.51. The lowest BCUT2D eigenvalue weighted by atomic mass is 9.75. The zero-order chi connectivity index (χ0) is 21.8. The quantitative estimate of drug-likeness (QED) is 0.710. The molecule has 0 spiro atoms. The van der Waals surface area contributed by atoms with Crippen molar-refractivity contribution in [2.24, 2.45) is 11.8 Å². The van der Waals surface area contributed by atoms with Crippen LogP contribution in [0.15, 0.2) is 30.3 Å². The minimum Gasteiger partial charge on any atom is -0.396 e. The molecule has 1 aromatic carbocycles. The first-order valence-electron chi connectivity index (χ1n) is 11.8. The van der Waals surface area contributed by atoms with E-state index >= 15 is 0 Å². The molecule has 6 heteroatoms. The largest absolute Gasteiger partial charge is 0.396 e. The van der Waals surface area contributed by atoms with Crippen molar-refractivity contribution in [2.45, 2.75) is 63.2 Å². The Morgan fingerprint density at radius 1 is 1.00 bits per heavy atom. The van der Waals surface area contributed by atoms with Gasteiger partial charge in [-0.1, -0.05) is 49.6 Å². The lowest BCUT2D eigenvalue weighted by Gasteiger charge is -2.35. The topological polar surface area (TPSA) is 77.9 Å². The van der Waals surface area contributed by atoms with Crippen molar-refractivity contribution < 1.29 is 19.5 Å². The van der Waals surface area contributed by atoms with Crippen molar-refractivity contribution in [1.29, 1.82) is 0 Å². The van der Waals surface area contributed by atoms with E-state index in [1.54, 1.807) is 4.90 Å². The lowest BCUT2D eigenvalue weighted by molar-refractivity contribution is -0.144. The second-order valence-electron chi connectivity index (χ2n) is 9.65. The number of carbonyl (C=O) groups is 3. The monoisotopic (exact) mass is 426 g/mol. The average Bonchev–Trinajstić information content (AvgIpc) is 3.05. The molecule has 3 aliphatic rings. The smallest absolute Gasteiger partial charge is 0.240 e. The van der Waals surface area contributed by atoms with Gasteiger partial charge >= 0.3 is 0 Å². The van der Waals surface area contributed by atoms with Crippen molar-refractivity contribution in [3.05, 3.63) is 35.9 Å². The highest BCUT2D eigenvalue weighted by Gasteiger charge is 2.54. The van der Waals surface area contributed by atoms with E-state index in [1.807, 2.05) is 30.3 Å². The van der Waals surface area contributed by atoms with Gasteiger partial charge in [0.1, 0.15) is 0 Å². The number of aliphatic hydroxyl groups excluding tert-OH is 1. The molecule has 3 amide bonds. The van der Waals surface area contributed by atoms with Gasteiger partial charge in [0.25, 0.3) is 0 Å². The molecule has 3 fully saturated rings. The van der Waals surface area contributed by atoms with E-state index in [-0.39, 0.29) is 43.1 Å². The fraction of sp³-hybridized carbons (Fsp3) is 0.640. The van der Waals surface area contributed by atoms with Gasteiger partial charge in [0, 0.05) is 39.1 Å². The van der Waals surface area contributed by atoms with Crippen LogP contribution in [-0.2, 0) is 19.8 Å². The number of rotatable bonds is 6. The van der Waals surface area contributed by atoms with Gasteiger partial charge < -0.3 is 10.0 Å². The molecular formula is C25H34N2O4. The molecule has 0 aromatic heterocycles. The molecule has 0 bridgehead atoms. The maximum atomic E-state index is 13.7. The lowest BCUT2D eigenvalue weighted by Crippen LogP contribution is -2.47. The molecule has 31 heavy (non-hydrogen) atoms. The number of piperidine rings is 1. The second kappa shape index (κ2) is 9.51. The molecule has 2 aliphatic heterocycles. The molecule has 2 atom stereocenters. The number of hydrogen-bond donors (Lipinski definition) is 1. The van der Waals surface area contributed by atoms with Crippen LogP contribution in [0.3, 0.4) is 0 Å². The summed E-state index contributed by atoms with van der Waals surface area (Å²) in [6, 6.07) is 9.36. The fourth-order valence-corrected chi connectivity index (χ4v) is 5.65. The maximum absolute atomic E-state index is 13.7. The van der Waals surface area contributed by atoms with Gasteiger partial charge in [0.15, 0.2) is 0 Å². The van der Waals surface area contributed by atoms with Crippen LogP contribution in [0, 0.1) is 11.8 Å². The predicted octanol–water partition coefficient (Wildman–Crippen LogP) is 2.88. The van der Waals surface area contributed by atoms with Crippen LogP contribution in [0.4, 0.5) is 0 Å². The molecule has 0 unspecified atom stereocenters. The summed E-state index contributed by atoms with van der Waals surface area (Å²) in [4.78, 5) is 43.3. The Kier molecular flexibility index (Phi) is 6.75. The van der Waals surface area contributed by atoms with Gasteiger partial charge in [-0.05, 0) is 43.1 Å². The Hall–Kier alpha value is -2.21. The van der Waals surface area contributed by atoms with Crippen molar-refractivity contribution in [3.8, 4) is 0 Å². The van der Waals surface area contributed by atoms with E-state index in [0.717, 1.165) is 44.1 Å². The fourth-order valence-electron chi connectivity index (χ4n) is 5.65. The highest BCUT2D eigenvalue weighted by atomic mass is 16.3. The van der Waals surface area contributed by atoms with Crippen molar-refractivity contribution >= 4 is 17.7 Å². The number of likely N-dealkylation sites (tertiary alicyclic amines) is 2. The standard InChI is InChI=1S/C25H34N2O4/c28-18-20-10-7-13-26(16-20)22(29)14-25(21-11-5-2-6-12-21)15-23(30)27(24(25)31)17-19-8-3-1-4-9-19/h2,5-6,11-12,19-20,28H,1,3-4,7-10,13-18H2/t20-,25+/m0/s1.